The molecule has 1 heterocycles. The second-order valence-corrected chi connectivity index (χ2v) is 7.57. The predicted molar refractivity (Wildman–Crippen MR) is 77.6 cm³/mol. The Kier molecular flexibility index (Phi) is 4.46. The van der Waals surface area contributed by atoms with Gasteiger partial charge in [0.2, 0.25) is 0 Å². The first-order chi connectivity index (χ1) is 9.00. The van der Waals surface area contributed by atoms with Crippen molar-refractivity contribution >= 4 is 11.8 Å². The largest absolute Gasteiger partial charge is 0.260 e. The van der Waals surface area contributed by atoms with E-state index in [4.69, 9.17) is 0 Å². The van der Waals surface area contributed by atoms with Crippen molar-refractivity contribution in [2.75, 3.05) is 0 Å². The first kappa shape index (κ1) is 14.3. The molecule has 3 atom stereocenters. The summed E-state index contributed by atoms with van der Waals surface area (Å²) in [6.07, 6.45) is 8.47. The SMILES string of the molecule is CC(C)(C)C1CCC(C#N)C(Sc2cnccn2)C1. The number of nitriles is 1. The Morgan fingerprint density at radius 1 is 1.32 bits per heavy atom. The summed E-state index contributed by atoms with van der Waals surface area (Å²) < 4.78 is 0. The highest BCUT2D eigenvalue weighted by Gasteiger charge is 2.36. The highest BCUT2D eigenvalue weighted by Crippen LogP contribution is 2.45. The third kappa shape index (κ3) is 3.70. The van der Waals surface area contributed by atoms with E-state index in [0.717, 1.165) is 17.9 Å². The van der Waals surface area contributed by atoms with Gasteiger partial charge in [-0.1, -0.05) is 20.8 Å². The number of hydrogen-bond donors (Lipinski definition) is 0. The van der Waals surface area contributed by atoms with Crippen LogP contribution < -0.4 is 0 Å². The molecular weight excluding hydrogens is 254 g/mol. The van der Waals surface area contributed by atoms with Crippen molar-refractivity contribution in [1.29, 1.82) is 5.26 Å². The maximum absolute atomic E-state index is 9.33. The fraction of sp³-hybridized carbons (Fsp3) is 0.667. The van der Waals surface area contributed by atoms with Gasteiger partial charge in [0, 0.05) is 17.6 Å². The van der Waals surface area contributed by atoms with E-state index in [1.807, 2.05) is 0 Å². The molecule has 1 saturated carbocycles. The molecule has 1 aromatic heterocycles. The number of rotatable bonds is 2. The number of nitrogens with zero attached hydrogens (tertiary/aromatic N) is 3. The zero-order chi connectivity index (χ0) is 13.9. The van der Waals surface area contributed by atoms with Gasteiger partial charge in [0.1, 0.15) is 5.03 Å². The van der Waals surface area contributed by atoms with Crippen molar-refractivity contribution in [3.8, 4) is 6.07 Å². The van der Waals surface area contributed by atoms with Crippen molar-refractivity contribution in [1.82, 2.24) is 9.97 Å². The zero-order valence-corrected chi connectivity index (χ0v) is 12.7. The van der Waals surface area contributed by atoms with Crippen LogP contribution in [-0.4, -0.2) is 15.2 Å². The molecule has 4 heteroatoms. The summed E-state index contributed by atoms with van der Waals surface area (Å²) in [6.45, 7) is 6.90. The summed E-state index contributed by atoms with van der Waals surface area (Å²) in [5.41, 5.74) is 0.321. The Labute approximate surface area is 119 Å². The molecule has 1 aliphatic carbocycles. The topological polar surface area (TPSA) is 49.6 Å². The summed E-state index contributed by atoms with van der Waals surface area (Å²) in [5, 5.41) is 10.6. The van der Waals surface area contributed by atoms with Crippen molar-refractivity contribution in [2.45, 2.75) is 50.3 Å². The van der Waals surface area contributed by atoms with Gasteiger partial charge in [-0.3, -0.25) is 4.98 Å². The van der Waals surface area contributed by atoms with Gasteiger partial charge in [0.05, 0.1) is 18.2 Å². The van der Waals surface area contributed by atoms with Crippen LogP contribution in [0.25, 0.3) is 0 Å². The van der Waals surface area contributed by atoms with E-state index in [-0.39, 0.29) is 5.92 Å². The first-order valence-corrected chi connectivity index (χ1v) is 7.71. The highest BCUT2D eigenvalue weighted by atomic mass is 32.2. The van der Waals surface area contributed by atoms with E-state index in [1.165, 1.54) is 6.42 Å². The summed E-state index contributed by atoms with van der Waals surface area (Å²) in [7, 11) is 0. The lowest BCUT2D eigenvalue weighted by Crippen LogP contribution is -2.33. The van der Waals surface area contributed by atoms with Gasteiger partial charge in [-0.2, -0.15) is 5.26 Å². The third-order valence-corrected chi connectivity index (χ3v) is 5.27. The van der Waals surface area contributed by atoms with Crippen LogP contribution in [0.4, 0.5) is 0 Å². The van der Waals surface area contributed by atoms with Gasteiger partial charge in [-0.15, -0.1) is 11.8 Å². The van der Waals surface area contributed by atoms with Crippen molar-refractivity contribution in [2.24, 2.45) is 17.3 Å². The molecule has 0 saturated heterocycles. The smallest absolute Gasteiger partial charge is 0.115 e. The van der Waals surface area contributed by atoms with Crippen LogP contribution in [0.5, 0.6) is 0 Å². The molecule has 3 nitrogen and oxygen atoms in total. The number of hydrogen-bond acceptors (Lipinski definition) is 4. The molecule has 102 valence electrons. The van der Waals surface area contributed by atoms with Gasteiger partial charge in [-0.05, 0) is 30.6 Å². The Morgan fingerprint density at radius 2 is 2.11 bits per heavy atom. The van der Waals surface area contributed by atoms with E-state index in [2.05, 4.69) is 36.8 Å². The second-order valence-electron chi connectivity index (χ2n) is 6.31. The van der Waals surface area contributed by atoms with Gasteiger partial charge in [0.25, 0.3) is 0 Å². The monoisotopic (exact) mass is 275 g/mol. The minimum absolute atomic E-state index is 0.144. The van der Waals surface area contributed by atoms with Gasteiger partial charge in [-0.25, -0.2) is 4.98 Å². The summed E-state index contributed by atoms with van der Waals surface area (Å²) in [4.78, 5) is 8.42. The van der Waals surface area contributed by atoms with Crippen LogP contribution in [0.2, 0.25) is 0 Å². The van der Waals surface area contributed by atoms with Crippen molar-refractivity contribution < 1.29 is 0 Å². The van der Waals surface area contributed by atoms with E-state index in [1.54, 1.807) is 30.4 Å². The predicted octanol–water partition coefficient (Wildman–Crippen LogP) is 3.92. The standard InChI is InChI=1S/C15H21N3S/c1-15(2,3)12-5-4-11(9-16)13(8-12)19-14-10-17-6-7-18-14/h6-7,10-13H,4-5,8H2,1-3H3. The molecule has 0 spiro atoms. The average Bonchev–Trinajstić information content (AvgIpc) is 2.39. The number of aromatic nitrogens is 2. The molecule has 0 N–H and O–H groups in total. The van der Waals surface area contributed by atoms with Crippen LogP contribution in [0.3, 0.4) is 0 Å². The summed E-state index contributed by atoms with van der Waals surface area (Å²) in [6, 6.07) is 2.48. The minimum Gasteiger partial charge on any atom is -0.260 e. The molecule has 0 bridgehead atoms. The number of thioether (sulfide) groups is 1. The molecule has 0 radical (unpaired) electrons. The molecular formula is C15H21N3S. The second kappa shape index (κ2) is 5.92. The summed E-state index contributed by atoms with van der Waals surface area (Å²) in [5.74, 6) is 0.830. The van der Waals surface area contributed by atoms with E-state index in [9.17, 15) is 5.26 Å². The molecule has 19 heavy (non-hydrogen) atoms. The lowest BCUT2D eigenvalue weighted by Gasteiger charge is -2.39. The molecule has 3 unspecified atom stereocenters. The Morgan fingerprint density at radius 3 is 2.68 bits per heavy atom. The van der Waals surface area contributed by atoms with Crippen LogP contribution >= 0.6 is 11.8 Å². The van der Waals surface area contributed by atoms with Crippen molar-refractivity contribution in [3.05, 3.63) is 18.6 Å². The lowest BCUT2D eigenvalue weighted by molar-refractivity contribution is 0.169. The quantitative estimate of drug-likeness (QED) is 0.820. The van der Waals surface area contributed by atoms with Crippen LogP contribution in [0.1, 0.15) is 40.0 Å². The normalized spacial score (nSPS) is 27.8. The Bertz CT molecular complexity index is 447. The van der Waals surface area contributed by atoms with Crippen LogP contribution in [-0.2, 0) is 0 Å². The van der Waals surface area contributed by atoms with E-state index >= 15 is 0 Å². The molecule has 0 amide bonds. The molecule has 1 aliphatic rings. The summed E-state index contributed by atoms with van der Waals surface area (Å²) >= 11 is 1.72. The van der Waals surface area contributed by atoms with Crippen molar-refractivity contribution in [3.63, 3.8) is 0 Å². The molecule has 1 fully saturated rings. The molecule has 0 aliphatic heterocycles. The lowest BCUT2D eigenvalue weighted by atomic mass is 9.70. The zero-order valence-electron chi connectivity index (χ0n) is 11.8. The van der Waals surface area contributed by atoms with E-state index in [0.29, 0.717) is 16.6 Å². The maximum Gasteiger partial charge on any atom is 0.115 e. The fourth-order valence-corrected chi connectivity index (χ4v) is 3.94. The average molecular weight is 275 g/mol. The third-order valence-electron chi connectivity index (χ3n) is 3.99. The van der Waals surface area contributed by atoms with Gasteiger partial charge < -0.3 is 0 Å². The van der Waals surface area contributed by atoms with Crippen LogP contribution in [0, 0.1) is 28.6 Å². The van der Waals surface area contributed by atoms with E-state index < -0.39 is 0 Å². The van der Waals surface area contributed by atoms with Crippen LogP contribution in [0.15, 0.2) is 23.6 Å². The first-order valence-electron chi connectivity index (χ1n) is 6.83. The molecule has 2 rings (SSSR count). The Balaban J connectivity index is 2.09. The molecule has 0 aromatic carbocycles. The highest BCUT2D eigenvalue weighted by molar-refractivity contribution is 7.99. The van der Waals surface area contributed by atoms with Gasteiger partial charge >= 0.3 is 0 Å². The molecule has 1 aromatic rings. The van der Waals surface area contributed by atoms with Gasteiger partial charge in [0.15, 0.2) is 0 Å². The Hall–Kier alpha value is -1.08. The maximum atomic E-state index is 9.33. The minimum atomic E-state index is 0.144. The fourth-order valence-electron chi connectivity index (χ4n) is 2.70.